The van der Waals surface area contributed by atoms with Crippen molar-refractivity contribution >= 4 is 41.4 Å². The zero-order valence-electron chi connectivity index (χ0n) is 22.0. The van der Waals surface area contributed by atoms with E-state index in [1.54, 1.807) is 26.2 Å². The molecule has 12 nitrogen and oxygen atoms in total. The summed E-state index contributed by atoms with van der Waals surface area (Å²) in [7, 11) is 3.46. The summed E-state index contributed by atoms with van der Waals surface area (Å²) in [5.74, 6) is -5.30. The van der Waals surface area contributed by atoms with Gasteiger partial charge in [-0.25, -0.2) is 4.79 Å². The number of thioether (sulfide) groups is 1. The predicted octanol–water partition coefficient (Wildman–Crippen LogP) is -1.25. The zero-order valence-corrected chi connectivity index (χ0v) is 22.8. The van der Waals surface area contributed by atoms with Gasteiger partial charge in [-0.3, -0.25) is 19.3 Å². The highest BCUT2D eigenvalue weighted by Gasteiger charge is 2.54. The van der Waals surface area contributed by atoms with Crippen LogP contribution < -0.4 is 16.2 Å². The van der Waals surface area contributed by atoms with Crippen LogP contribution in [0.25, 0.3) is 0 Å². The second-order valence-electron chi connectivity index (χ2n) is 9.55. The van der Waals surface area contributed by atoms with Crippen molar-refractivity contribution < 1.29 is 56.9 Å². The Kier molecular flexibility index (Phi) is 11.1. The number of quaternary nitrogens is 1. The number of β-lactam (4-membered cyclic amide) rings is 1. The van der Waals surface area contributed by atoms with E-state index >= 15 is 0 Å². The van der Waals surface area contributed by atoms with Gasteiger partial charge in [0.05, 0.1) is 27.1 Å². The van der Waals surface area contributed by atoms with Crippen molar-refractivity contribution in [1.82, 2.24) is 10.2 Å². The van der Waals surface area contributed by atoms with E-state index in [1.165, 1.54) is 16.7 Å². The fraction of sp³-hybridized carbons (Fsp3) is 0.400. The van der Waals surface area contributed by atoms with Crippen LogP contribution in [0, 0.1) is 0 Å². The number of fused-ring (bicyclic) bond motifs is 1. The summed E-state index contributed by atoms with van der Waals surface area (Å²) in [6, 6.07) is 7.55. The number of carboxylic acids is 2. The third-order valence-electron chi connectivity index (χ3n) is 6.20. The number of amides is 3. The fourth-order valence-electron chi connectivity index (χ4n) is 4.03. The first-order valence-corrected chi connectivity index (χ1v) is 13.0. The van der Waals surface area contributed by atoms with E-state index in [9.17, 15) is 42.6 Å². The van der Waals surface area contributed by atoms with Crippen LogP contribution in [0.3, 0.4) is 0 Å². The van der Waals surface area contributed by atoms with Crippen molar-refractivity contribution in [2.75, 3.05) is 33.0 Å². The number of carbonyl (C=O) groups is 5. The van der Waals surface area contributed by atoms with E-state index in [4.69, 9.17) is 15.6 Å². The van der Waals surface area contributed by atoms with Gasteiger partial charge >= 0.3 is 12.1 Å². The van der Waals surface area contributed by atoms with Gasteiger partial charge in [-0.15, -0.1) is 11.8 Å². The smallest absolute Gasteiger partial charge is 0.430 e. The number of halogens is 3. The first-order valence-electron chi connectivity index (χ1n) is 11.9. The van der Waals surface area contributed by atoms with Gasteiger partial charge in [0.15, 0.2) is 6.04 Å². The molecule has 41 heavy (non-hydrogen) atoms. The number of allylic oxidation sites excluding steroid dienone is 1. The van der Waals surface area contributed by atoms with Gasteiger partial charge in [-0.05, 0) is 17.2 Å². The highest BCUT2D eigenvalue weighted by atomic mass is 32.2. The summed E-state index contributed by atoms with van der Waals surface area (Å²) in [6.07, 6.45) is -1.74. The number of benzene rings is 1. The minimum absolute atomic E-state index is 0.0892. The van der Waals surface area contributed by atoms with E-state index < -0.39 is 54.0 Å². The molecule has 1 aromatic rings. The lowest BCUT2D eigenvalue weighted by atomic mass is 10.0. The minimum Gasteiger partial charge on any atom is -0.542 e. The van der Waals surface area contributed by atoms with E-state index in [0.717, 1.165) is 5.56 Å². The normalized spacial score (nSPS) is 19.5. The third-order valence-corrected chi connectivity index (χ3v) is 7.50. The Morgan fingerprint density at radius 2 is 1.83 bits per heavy atom. The van der Waals surface area contributed by atoms with Crippen LogP contribution in [0.15, 0.2) is 53.8 Å². The summed E-state index contributed by atoms with van der Waals surface area (Å²) in [6.45, 7) is -0.0960. The Hall–Kier alpha value is -3.89. The van der Waals surface area contributed by atoms with Gasteiger partial charge in [-0.1, -0.05) is 36.4 Å². The second kappa shape index (κ2) is 13.6. The number of likely N-dealkylation sites (N-methyl/N-ethyl adjacent to an activating group) is 1. The molecule has 0 unspecified atom stereocenters. The molecule has 224 valence electrons. The molecule has 0 aromatic heterocycles. The maximum atomic E-state index is 12.8. The molecule has 1 fully saturated rings. The molecule has 3 atom stereocenters. The first kappa shape index (κ1) is 33.3. The van der Waals surface area contributed by atoms with E-state index in [2.05, 4.69) is 5.32 Å². The average Bonchev–Trinajstić information content (AvgIpc) is 2.87. The molecule has 16 heteroatoms. The van der Waals surface area contributed by atoms with Crippen LogP contribution in [-0.2, 0) is 30.4 Å². The van der Waals surface area contributed by atoms with E-state index in [-0.39, 0.29) is 22.5 Å². The van der Waals surface area contributed by atoms with Gasteiger partial charge in [0.2, 0.25) is 5.91 Å². The summed E-state index contributed by atoms with van der Waals surface area (Å²) in [5, 5.41) is 30.3. The Morgan fingerprint density at radius 1 is 1.24 bits per heavy atom. The minimum atomic E-state index is -5.19. The maximum absolute atomic E-state index is 12.8. The average molecular weight is 603 g/mol. The Morgan fingerprint density at radius 3 is 2.32 bits per heavy atom. The number of carbonyl (C=O) groups excluding carboxylic acids is 4. The number of nitrogens with zero attached hydrogens (tertiary/aromatic N) is 2. The van der Waals surface area contributed by atoms with Crippen LogP contribution in [0.1, 0.15) is 5.56 Å². The fourth-order valence-corrected chi connectivity index (χ4v) is 5.34. The zero-order chi connectivity index (χ0) is 31.1. The number of alkyl halides is 3. The molecule has 2 aliphatic rings. The summed E-state index contributed by atoms with van der Waals surface area (Å²) in [5.41, 5.74) is 6.51. The van der Waals surface area contributed by atoms with Gasteiger partial charge in [0, 0.05) is 5.75 Å². The maximum Gasteiger partial charge on any atom is 0.430 e. The molecule has 0 bridgehead atoms. The Balaban J connectivity index is 0.000000745. The van der Waals surface area contributed by atoms with E-state index in [0.29, 0.717) is 17.9 Å². The number of carboxylic acid groups (broad SMARTS) is 2. The number of nitrogens with two attached hydrogens (primary N) is 1. The highest BCUT2D eigenvalue weighted by molar-refractivity contribution is 8.00. The molecule has 3 amide bonds. The van der Waals surface area contributed by atoms with E-state index in [1.807, 2.05) is 30.3 Å². The number of nitrogens with one attached hydrogen (secondary N) is 1. The molecule has 1 saturated heterocycles. The second-order valence-corrected chi connectivity index (χ2v) is 10.7. The third kappa shape index (κ3) is 8.55. The highest BCUT2D eigenvalue weighted by Crippen LogP contribution is 2.40. The van der Waals surface area contributed by atoms with Crippen molar-refractivity contribution in [2.45, 2.75) is 30.1 Å². The molecule has 1 aromatic carbocycles. The number of aliphatic carboxylic acids is 2. The van der Waals surface area contributed by atoms with Crippen molar-refractivity contribution in [3.8, 4) is 0 Å². The van der Waals surface area contributed by atoms with Crippen molar-refractivity contribution in [2.24, 2.45) is 5.73 Å². The molecule has 3 rings (SSSR count). The lowest BCUT2D eigenvalue weighted by Crippen LogP contribution is -2.70. The number of hydrogen-bond donors (Lipinski definition) is 4. The van der Waals surface area contributed by atoms with Crippen LogP contribution in [0.2, 0.25) is 0 Å². The molecule has 0 aliphatic carbocycles. The van der Waals surface area contributed by atoms with Crippen LogP contribution >= 0.6 is 11.8 Å². The molecule has 2 aliphatic heterocycles. The van der Waals surface area contributed by atoms with Gasteiger partial charge in [0.25, 0.3) is 11.8 Å². The van der Waals surface area contributed by atoms with Crippen LogP contribution in [-0.4, -0.2) is 106 Å². The number of rotatable bonds is 10. The standard InChI is InChI=1S/C23H28N4O6S.C2HF3O2/c1-27(2,16(12-28)20(24)30)10-6-9-15-13-34-22-18(21(31)26(22)19(15)23(32)33)25-17(29)11-14-7-4-3-5-8-14;3-2(4,5)1(6)7/h3-9,16,18,22,28H,10-13H2,1-2H3,(H3-,24,25,29,30,32,33);(H,6,7)/b9-6+;/t16-,18-,22+;/m1./s1. The number of aliphatic hydroxyl groups is 1. The molecule has 5 N–H and O–H groups in total. The summed E-state index contributed by atoms with van der Waals surface area (Å²) < 4.78 is 31.6. The Bertz CT molecular complexity index is 1240. The lowest BCUT2D eigenvalue weighted by molar-refractivity contribution is -0.900. The van der Waals surface area contributed by atoms with Crippen LogP contribution in [0.4, 0.5) is 13.2 Å². The molecule has 0 radical (unpaired) electrons. The van der Waals surface area contributed by atoms with Crippen molar-refractivity contribution in [3.63, 3.8) is 0 Å². The molecule has 0 saturated carbocycles. The topological polar surface area (TPSA) is 190 Å². The molecule has 0 spiro atoms. The van der Waals surface area contributed by atoms with Gasteiger partial charge in [0.1, 0.15) is 29.7 Å². The van der Waals surface area contributed by atoms with Crippen molar-refractivity contribution in [3.05, 3.63) is 59.3 Å². The summed E-state index contributed by atoms with van der Waals surface area (Å²) >= 11 is 1.37. The summed E-state index contributed by atoms with van der Waals surface area (Å²) in [4.78, 5) is 58.7. The molecule has 2 heterocycles. The first-order chi connectivity index (χ1) is 19.0. The molecular weight excluding hydrogens is 573 g/mol. The van der Waals surface area contributed by atoms with Crippen LogP contribution in [0.5, 0.6) is 0 Å². The van der Waals surface area contributed by atoms with Gasteiger partial charge < -0.3 is 35.6 Å². The lowest BCUT2D eigenvalue weighted by Gasteiger charge is -2.49. The Labute approximate surface area is 236 Å². The monoisotopic (exact) mass is 602 g/mol. The van der Waals surface area contributed by atoms with Crippen molar-refractivity contribution in [1.29, 1.82) is 0 Å². The van der Waals surface area contributed by atoms with Gasteiger partial charge in [-0.2, -0.15) is 13.2 Å². The molecular formula is C25H29F3N4O8S. The SMILES string of the molecule is C[N+](C)(C/C=C/C1=C(C(=O)O)N2C(=O)[C@@H](NC(=O)Cc3ccccc3)[C@@H]2SC1)[C@H](CO)C(N)=O.O=C([O-])C(F)(F)F. The predicted molar refractivity (Wildman–Crippen MR) is 137 cm³/mol. The largest absolute Gasteiger partial charge is 0.542 e. The number of primary amides is 1. The number of hydrogen-bond acceptors (Lipinski definition) is 8. The number of aliphatic hydroxyl groups excluding tert-OH is 1. The quantitative estimate of drug-likeness (QED) is 0.187.